The Labute approximate surface area is 167 Å². The third kappa shape index (κ3) is 4.39. The number of hydrogen-bond donors (Lipinski definition) is 1. The van der Waals surface area contributed by atoms with Crippen LogP contribution in [0.3, 0.4) is 0 Å². The van der Waals surface area contributed by atoms with E-state index < -0.39 is 18.5 Å². The van der Waals surface area contributed by atoms with Gasteiger partial charge < -0.3 is 19.4 Å². The molecule has 2 aromatic carbocycles. The fourth-order valence-electron chi connectivity index (χ4n) is 3.55. The monoisotopic (exact) mass is 394 g/mol. The van der Waals surface area contributed by atoms with E-state index >= 15 is 0 Å². The number of hydrogen-bond acceptors (Lipinski definition) is 5. The number of esters is 1. The van der Waals surface area contributed by atoms with Gasteiger partial charge in [0.15, 0.2) is 6.61 Å². The van der Waals surface area contributed by atoms with Gasteiger partial charge in [-0.05, 0) is 37.1 Å². The first-order chi connectivity index (χ1) is 14.1. The van der Waals surface area contributed by atoms with Crippen LogP contribution in [0.2, 0.25) is 0 Å². The number of anilines is 1. The Morgan fingerprint density at radius 2 is 1.86 bits per heavy atom. The van der Waals surface area contributed by atoms with Crippen molar-refractivity contribution in [3.63, 3.8) is 0 Å². The van der Waals surface area contributed by atoms with Crippen LogP contribution in [0.4, 0.5) is 5.69 Å². The molecule has 7 heteroatoms. The third-order valence-electron chi connectivity index (χ3n) is 5.02. The van der Waals surface area contributed by atoms with Crippen molar-refractivity contribution < 1.29 is 23.5 Å². The lowest BCUT2D eigenvalue weighted by Crippen LogP contribution is -2.36. The zero-order chi connectivity index (χ0) is 20.2. The quantitative estimate of drug-likeness (QED) is 0.670. The molecule has 1 fully saturated rings. The number of nitrogens with one attached hydrogen (secondary N) is 1. The molecular formula is C22H22N2O5. The molecule has 3 aromatic rings. The summed E-state index contributed by atoms with van der Waals surface area (Å²) < 4.78 is 10.8. The summed E-state index contributed by atoms with van der Waals surface area (Å²) in [5, 5.41) is 4.59. The van der Waals surface area contributed by atoms with Crippen molar-refractivity contribution in [2.24, 2.45) is 0 Å². The maximum absolute atomic E-state index is 12.2. The van der Waals surface area contributed by atoms with E-state index in [9.17, 15) is 14.4 Å². The smallest absolute Gasteiger partial charge is 0.326 e. The minimum atomic E-state index is -0.577. The summed E-state index contributed by atoms with van der Waals surface area (Å²) in [6.07, 6.45) is 3.17. The van der Waals surface area contributed by atoms with Crippen LogP contribution in [-0.4, -0.2) is 42.4 Å². The molecular weight excluding hydrogens is 372 g/mol. The second-order valence-electron chi connectivity index (χ2n) is 7.14. The molecule has 2 heterocycles. The van der Waals surface area contributed by atoms with Crippen molar-refractivity contribution >= 4 is 45.4 Å². The number of rotatable bonds is 5. The first-order valence-corrected chi connectivity index (χ1v) is 9.75. The summed E-state index contributed by atoms with van der Waals surface area (Å²) in [4.78, 5) is 37.6. The Morgan fingerprint density at radius 1 is 1.03 bits per heavy atom. The average molecular weight is 394 g/mol. The number of carbonyl (C=O) groups excluding carboxylic acids is 3. The maximum atomic E-state index is 12.2. The van der Waals surface area contributed by atoms with Crippen LogP contribution in [0.25, 0.3) is 21.9 Å². The van der Waals surface area contributed by atoms with Gasteiger partial charge in [0.25, 0.3) is 5.91 Å². The van der Waals surface area contributed by atoms with Gasteiger partial charge in [0.05, 0.1) is 0 Å². The second-order valence-corrected chi connectivity index (χ2v) is 7.14. The largest absolute Gasteiger partial charge is 0.456 e. The normalized spacial score (nSPS) is 14.8. The van der Waals surface area contributed by atoms with Crippen LogP contribution in [0, 0.1) is 0 Å². The van der Waals surface area contributed by atoms with Gasteiger partial charge in [-0.3, -0.25) is 14.4 Å². The number of furan rings is 1. The Hall–Kier alpha value is -3.35. The lowest BCUT2D eigenvalue weighted by atomic mass is 10.1. The number of nitrogens with zero attached hydrogens (tertiary/aromatic N) is 1. The molecule has 2 amide bonds. The molecule has 0 atom stereocenters. The standard InChI is InChI=1S/C22H22N2O5/c25-20(14-28-22(27)13-24-11-5-1-2-8-21(24)26)23-15-9-10-19-17(12-15)16-6-3-4-7-18(16)29-19/h3-4,6-7,9-10,12H,1-2,5,8,11,13-14H2,(H,23,25). The van der Waals surface area contributed by atoms with Crippen LogP contribution in [0.5, 0.6) is 0 Å². The summed E-state index contributed by atoms with van der Waals surface area (Å²) in [5.74, 6) is -1.05. The molecule has 0 bridgehead atoms. The molecule has 0 radical (unpaired) electrons. The SMILES string of the molecule is O=C(COC(=O)CN1CCCCCC1=O)Nc1ccc2oc3ccccc3c2c1. The molecule has 0 aliphatic carbocycles. The molecule has 1 N–H and O–H groups in total. The molecule has 1 aromatic heterocycles. The summed E-state index contributed by atoms with van der Waals surface area (Å²) in [6.45, 7) is 0.0446. The van der Waals surface area contributed by atoms with Crippen LogP contribution in [-0.2, 0) is 19.1 Å². The molecule has 1 aliphatic heterocycles. The van der Waals surface area contributed by atoms with Gasteiger partial charge >= 0.3 is 5.97 Å². The Bertz CT molecular complexity index is 1070. The summed E-state index contributed by atoms with van der Waals surface area (Å²) in [7, 11) is 0. The molecule has 1 saturated heterocycles. The molecule has 0 spiro atoms. The highest BCUT2D eigenvalue weighted by Crippen LogP contribution is 2.30. The van der Waals surface area contributed by atoms with Crippen molar-refractivity contribution in [2.75, 3.05) is 25.0 Å². The first kappa shape index (κ1) is 19.0. The van der Waals surface area contributed by atoms with E-state index in [4.69, 9.17) is 9.15 Å². The molecule has 0 unspecified atom stereocenters. The number of fused-ring (bicyclic) bond motifs is 3. The maximum Gasteiger partial charge on any atom is 0.326 e. The van der Waals surface area contributed by atoms with E-state index in [1.165, 1.54) is 4.90 Å². The molecule has 4 rings (SSSR count). The van der Waals surface area contributed by atoms with Crippen molar-refractivity contribution in [2.45, 2.75) is 25.7 Å². The lowest BCUT2D eigenvalue weighted by molar-refractivity contribution is -0.151. The van der Waals surface area contributed by atoms with E-state index in [0.29, 0.717) is 18.7 Å². The number of benzene rings is 2. The van der Waals surface area contributed by atoms with E-state index in [1.807, 2.05) is 30.3 Å². The minimum absolute atomic E-state index is 0.0375. The highest BCUT2D eigenvalue weighted by Gasteiger charge is 2.20. The van der Waals surface area contributed by atoms with Gasteiger partial charge in [-0.15, -0.1) is 0 Å². The van der Waals surface area contributed by atoms with Crippen molar-refractivity contribution in [1.29, 1.82) is 0 Å². The number of carbonyl (C=O) groups is 3. The molecule has 7 nitrogen and oxygen atoms in total. The van der Waals surface area contributed by atoms with Crippen molar-refractivity contribution in [3.8, 4) is 0 Å². The number of likely N-dealkylation sites (tertiary alicyclic amines) is 1. The van der Waals surface area contributed by atoms with Gasteiger partial charge in [-0.2, -0.15) is 0 Å². The van der Waals surface area contributed by atoms with Crippen LogP contribution in [0.1, 0.15) is 25.7 Å². The number of ether oxygens (including phenoxy) is 1. The number of para-hydroxylation sites is 1. The topological polar surface area (TPSA) is 88.9 Å². The predicted molar refractivity (Wildman–Crippen MR) is 108 cm³/mol. The predicted octanol–water partition coefficient (Wildman–Crippen LogP) is 3.47. The zero-order valence-corrected chi connectivity index (χ0v) is 16.0. The summed E-state index contributed by atoms with van der Waals surface area (Å²) >= 11 is 0. The Morgan fingerprint density at radius 3 is 2.76 bits per heavy atom. The van der Waals surface area contributed by atoms with Crippen LogP contribution >= 0.6 is 0 Å². The van der Waals surface area contributed by atoms with Gasteiger partial charge in [0.1, 0.15) is 17.7 Å². The van der Waals surface area contributed by atoms with Gasteiger partial charge in [0.2, 0.25) is 5.91 Å². The van der Waals surface area contributed by atoms with Crippen molar-refractivity contribution in [1.82, 2.24) is 4.90 Å². The molecule has 0 saturated carbocycles. The zero-order valence-electron chi connectivity index (χ0n) is 16.0. The molecule has 1 aliphatic rings. The van der Waals surface area contributed by atoms with Crippen molar-refractivity contribution in [3.05, 3.63) is 42.5 Å². The van der Waals surface area contributed by atoms with E-state index in [0.717, 1.165) is 41.2 Å². The fraction of sp³-hybridized carbons (Fsp3) is 0.318. The second kappa shape index (κ2) is 8.34. The van der Waals surface area contributed by atoms with Gasteiger partial charge in [-0.25, -0.2) is 0 Å². The fourth-order valence-corrected chi connectivity index (χ4v) is 3.55. The van der Waals surface area contributed by atoms with E-state index in [-0.39, 0.29) is 12.5 Å². The Kier molecular flexibility index (Phi) is 5.46. The van der Waals surface area contributed by atoms with Gasteiger partial charge in [0, 0.05) is 29.4 Å². The summed E-state index contributed by atoms with van der Waals surface area (Å²) in [5.41, 5.74) is 2.11. The Balaban J connectivity index is 1.34. The van der Waals surface area contributed by atoms with E-state index in [1.54, 1.807) is 12.1 Å². The van der Waals surface area contributed by atoms with Crippen LogP contribution in [0.15, 0.2) is 46.9 Å². The highest BCUT2D eigenvalue weighted by atomic mass is 16.5. The molecule has 29 heavy (non-hydrogen) atoms. The lowest BCUT2D eigenvalue weighted by Gasteiger charge is -2.19. The number of amides is 2. The van der Waals surface area contributed by atoms with E-state index in [2.05, 4.69) is 5.32 Å². The minimum Gasteiger partial charge on any atom is -0.456 e. The molecule has 150 valence electrons. The first-order valence-electron chi connectivity index (χ1n) is 9.75. The van der Waals surface area contributed by atoms with Gasteiger partial charge in [-0.1, -0.05) is 24.6 Å². The highest BCUT2D eigenvalue weighted by molar-refractivity contribution is 6.07. The average Bonchev–Trinajstić information content (AvgIpc) is 2.96. The third-order valence-corrected chi connectivity index (χ3v) is 5.02. The van der Waals surface area contributed by atoms with Crippen LogP contribution < -0.4 is 5.32 Å². The summed E-state index contributed by atoms with van der Waals surface area (Å²) in [6, 6.07) is 13.0.